The van der Waals surface area contributed by atoms with E-state index >= 15 is 0 Å². The molecule has 1 fully saturated rings. The summed E-state index contributed by atoms with van der Waals surface area (Å²) in [5.41, 5.74) is 0.402. The van der Waals surface area contributed by atoms with Crippen LogP contribution in [-0.4, -0.2) is 60.3 Å². The number of likely N-dealkylation sites (tertiary alicyclic amines) is 1. The molecule has 0 unspecified atom stereocenters. The van der Waals surface area contributed by atoms with Crippen LogP contribution in [0, 0.1) is 5.82 Å². The highest BCUT2D eigenvalue weighted by Gasteiger charge is 2.25. The number of benzene rings is 1. The largest absolute Gasteiger partial charge is 0.396 e. The molecule has 0 atom stereocenters. The second-order valence-electron chi connectivity index (χ2n) is 5.84. The van der Waals surface area contributed by atoms with Gasteiger partial charge in [-0.25, -0.2) is 9.18 Å². The molecule has 2 amide bonds. The highest BCUT2D eigenvalue weighted by atomic mass is 35.5. The number of hydrogen-bond acceptors (Lipinski definition) is 3. The molecular formula is C16H23ClFN3O2. The fourth-order valence-electron chi connectivity index (χ4n) is 2.79. The van der Waals surface area contributed by atoms with Gasteiger partial charge in [-0.2, -0.15) is 0 Å². The number of nitrogens with one attached hydrogen (secondary N) is 1. The molecule has 0 bridgehead atoms. The van der Waals surface area contributed by atoms with E-state index in [9.17, 15) is 9.18 Å². The smallest absolute Gasteiger partial charge is 0.321 e. The molecule has 0 saturated carbocycles. The second-order valence-corrected chi connectivity index (χ2v) is 6.24. The van der Waals surface area contributed by atoms with Crippen LogP contribution in [0.2, 0.25) is 5.02 Å². The minimum atomic E-state index is -0.548. The molecule has 128 valence electrons. The molecule has 2 rings (SSSR count). The van der Waals surface area contributed by atoms with Crippen molar-refractivity contribution in [1.82, 2.24) is 9.80 Å². The lowest BCUT2D eigenvalue weighted by Gasteiger charge is -2.36. The maximum atomic E-state index is 13.4. The highest BCUT2D eigenvalue weighted by molar-refractivity contribution is 6.30. The van der Waals surface area contributed by atoms with Crippen LogP contribution in [0.4, 0.5) is 14.9 Å². The molecule has 1 aromatic carbocycles. The van der Waals surface area contributed by atoms with Crippen molar-refractivity contribution < 1.29 is 14.3 Å². The van der Waals surface area contributed by atoms with Crippen molar-refractivity contribution in [3.05, 3.63) is 29.0 Å². The van der Waals surface area contributed by atoms with Crippen LogP contribution in [0.25, 0.3) is 0 Å². The number of carbonyl (C=O) groups is 1. The van der Waals surface area contributed by atoms with Crippen molar-refractivity contribution in [2.24, 2.45) is 0 Å². The molecule has 1 aliphatic heterocycles. The number of rotatable bonds is 5. The maximum absolute atomic E-state index is 13.4. The zero-order chi connectivity index (χ0) is 16.8. The Kier molecular flexibility index (Phi) is 6.62. The molecule has 1 saturated heterocycles. The maximum Gasteiger partial charge on any atom is 0.321 e. The fraction of sp³-hybridized carbons (Fsp3) is 0.562. The third kappa shape index (κ3) is 5.06. The molecule has 1 heterocycles. The monoisotopic (exact) mass is 343 g/mol. The summed E-state index contributed by atoms with van der Waals surface area (Å²) in [7, 11) is 2.05. The number of nitrogens with zero attached hydrogens (tertiary/aromatic N) is 2. The molecule has 7 heteroatoms. The predicted molar refractivity (Wildman–Crippen MR) is 89.4 cm³/mol. The normalized spacial score (nSPS) is 16.0. The van der Waals surface area contributed by atoms with E-state index in [0.29, 0.717) is 24.8 Å². The van der Waals surface area contributed by atoms with Crippen LogP contribution in [0.15, 0.2) is 18.2 Å². The molecule has 0 spiro atoms. The van der Waals surface area contributed by atoms with Crippen LogP contribution in [-0.2, 0) is 0 Å². The molecule has 0 aromatic heterocycles. The van der Waals surface area contributed by atoms with Crippen molar-refractivity contribution in [2.45, 2.75) is 25.3 Å². The Labute approximate surface area is 141 Å². The first-order valence-corrected chi connectivity index (χ1v) is 8.21. The summed E-state index contributed by atoms with van der Waals surface area (Å²) in [5.74, 6) is -0.548. The van der Waals surface area contributed by atoms with E-state index in [2.05, 4.69) is 10.2 Å². The Morgan fingerprint density at radius 1 is 1.48 bits per heavy atom. The minimum absolute atomic E-state index is 0.0368. The van der Waals surface area contributed by atoms with Crippen molar-refractivity contribution in [3.8, 4) is 0 Å². The molecular weight excluding hydrogens is 321 g/mol. The van der Waals surface area contributed by atoms with Gasteiger partial charge in [-0.3, -0.25) is 0 Å². The molecule has 1 aromatic rings. The van der Waals surface area contributed by atoms with Gasteiger partial charge in [0.1, 0.15) is 5.82 Å². The Morgan fingerprint density at radius 3 is 2.78 bits per heavy atom. The van der Waals surface area contributed by atoms with Crippen molar-refractivity contribution in [3.63, 3.8) is 0 Å². The van der Waals surface area contributed by atoms with Crippen molar-refractivity contribution in [1.29, 1.82) is 0 Å². The van der Waals surface area contributed by atoms with E-state index in [4.69, 9.17) is 16.7 Å². The lowest BCUT2D eigenvalue weighted by atomic mass is 10.0. The van der Waals surface area contributed by atoms with E-state index in [1.54, 1.807) is 11.0 Å². The highest BCUT2D eigenvalue weighted by Crippen LogP contribution is 2.20. The average Bonchev–Trinajstić information content (AvgIpc) is 2.56. The van der Waals surface area contributed by atoms with Gasteiger partial charge in [-0.1, -0.05) is 11.6 Å². The van der Waals surface area contributed by atoms with Gasteiger partial charge >= 0.3 is 6.03 Å². The lowest BCUT2D eigenvalue weighted by molar-refractivity contribution is 0.134. The second kappa shape index (κ2) is 8.47. The number of aliphatic hydroxyl groups is 1. The van der Waals surface area contributed by atoms with Gasteiger partial charge in [-0.05, 0) is 44.5 Å². The van der Waals surface area contributed by atoms with Gasteiger partial charge < -0.3 is 20.2 Å². The van der Waals surface area contributed by atoms with E-state index < -0.39 is 5.82 Å². The zero-order valence-electron chi connectivity index (χ0n) is 13.3. The van der Waals surface area contributed by atoms with Gasteiger partial charge in [0.2, 0.25) is 0 Å². The number of anilines is 1. The fourth-order valence-corrected chi connectivity index (χ4v) is 2.91. The zero-order valence-corrected chi connectivity index (χ0v) is 14.0. The van der Waals surface area contributed by atoms with Crippen LogP contribution in [0.5, 0.6) is 0 Å². The molecule has 5 nitrogen and oxygen atoms in total. The number of carbonyl (C=O) groups excluding carboxylic acids is 1. The van der Waals surface area contributed by atoms with Gasteiger partial charge in [-0.15, -0.1) is 0 Å². The number of hydrogen-bond donors (Lipinski definition) is 2. The Hall–Kier alpha value is -1.37. The standard InChI is InChI=1S/C16H23ClFN3O2/c1-20(7-2-10-22)13-5-8-21(9-6-13)16(23)19-12-3-4-14(17)15(18)11-12/h3-4,11,13,22H,2,5-10H2,1H3,(H,19,23). The summed E-state index contributed by atoms with van der Waals surface area (Å²) in [4.78, 5) is 16.2. The third-order valence-corrected chi connectivity index (χ3v) is 4.52. The molecule has 0 aliphatic carbocycles. The van der Waals surface area contributed by atoms with Gasteiger partial charge in [0, 0.05) is 38.0 Å². The summed E-state index contributed by atoms with van der Waals surface area (Å²) in [6, 6.07) is 4.44. The topological polar surface area (TPSA) is 55.8 Å². The van der Waals surface area contributed by atoms with E-state index in [0.717, 1.165) is 25.8 Å². The summed E-state index contributed by atoms with van der Waals surface area (Å²) >= 11 is 5.63. The predicted octanol–water partition coefficient (Wildman–Crippen LogP) is 2.79. The van der Waals surface area contributed by atoms with Crippen LogP contribution in [0.3, 0.4) is 0 Å². The van der Waals surface area contributed by atoms with Crippen molar-refractivity contribution >= 4 is 23.3 Å². The van der Waals surface area contributed by atoms with Crippen molar-refractivity contribution in [2.75, 3.05) is 38.6 Å². The first-order chi connectivity index (χ1) is 11.0. The van der Waals surface area contributed by atoms with E-state index in [1.165, 1.54) is 12.1 Å². The van der Waals surface area contributed by atoms with Crippen LogP contribution < -0.4 is 5.32 Å². The number of urea groups is 1. The summed E-state index contributed by atoms with van der Waals surface area (Å²) in [6.07, 6.45) is 2.55. The molecule has 0 radical (unpaired) electrons. The molecule has 23 heavy (non-hydrogen) atoms. The van der Waals surface area contributed by atoms with E-state index in [-0.39, 0.29) is 17.7 Å². The number of piperidine rings is 1. The minimum Gasteiger partial charge on any atom is -0.396 e. The molecule has 2 N–H and O–H groups in total. The lowest BCUT2D eigenvalue weighted by Crippen LogP contribution is -2.47. The summed E-state index contributed by atoms with van der Waals surface area (Å²) in [5, 5.41) is 11.6. The number of aliphatic hydroxyl groups excluding tert-OH is 1. The SMILES string of the molecule is CN(CCCO)C1CCN(C(=O)Nc2ccc(Cl)c(F)c2)CC1. The van der Waals surface area contributed by atoms with Crippen LogP contribution in [0.1, 0.15) is 19.3 Å². The van der Waals surface area contributed by atoms with Gasteiger partial charge in [0.05, 0.1) is 5.02 Å². The third-order valence-electron chi connectivity index (χ3n) is 4.21. The Bertz CT molecular complexity index is 536. The Morgan fingerprint density at radius 2 is 2.17 bits per heavy atom. The number of amides is 2. The quantitative estimate of drug-likeness (QED) is 0.864. The van der Waals surface area contributed by atoms with Crippen LogP contribution >= 0.6 is 11.6 Å². The first kappa shape index (κ1) is 18.0. The molecule has 1 aliphatic rings. The van der Waals surface area contributed by atoms with Gasteiger partial charge in [0.25, 0.3) is 0 Å². The van der Waals surface area contributed by atoms with Gasteiger partial charge in [0.15, 0.2) is 0 Å². The summed E-state index contributed by atoms with van der Waals surface area (Å²) in [6.45, 7) is 2.38. The first-order valence-electron chi connectivity index (χ1n) is 7.83. The summed E-state index contributed by atoms with van der Waals surface area (Å²) < 4.78 is 13.4. The van der Waals surface area contributed by atoms with E-state index in [1.807, 2.05) is 7.05 Å². The average molecular weight is 344 g/mol. The Balaban J connectivity index is 1.82. The number of halogens is 2.